The minimum absolute atomic E-state index is 0.132. The van der Waals surface area contributed by atoms with E-state index in [1.807, 2.05) is 0 Å². The number of sulfonamides is 1. The Balaban J connectivity index is 3.46. The second-order valence-electron chi connectivity index (χ2n) is 4.12. The Morgan fingerprint density at radius 3 is 2.33 bits per heavy atom. The predicted octanol–water partition coefficient (Wildman–Crippen LogP) is 1.97. The highest BCUT2D eigenvalue weighted by molar-refractivity contribution is 7.89. The van der Waals surface area contributed by atoms with E-state index in [0.717, 1.165) is 16.4 Å². The third-order valence-corrected chi connectivity index (χ3v) is 4.64. The summed E-state index contributed by atoms with van der Waals surface area (Å²) >= 11 is 0. The second-order valence-corrected chi connectivity index (χ2v) is 5.98. The zero-order valence-corrected chi connectivity index (χ0v) is 11.3. The van der Waals surface area contributed by atoms with Gasteiger partial charge in [-0.2, -0.15) is 4.31 Å². The SMILES string of the molecule is CCN(C(C)C)S(=O)(=O)c1cc(N)cc(F)c1F. The van der Waals surface area contributed by atoms with E-state index in [4.69, 9.17) is 5.73 Å². The molecule has 18 heavy (non-hydrogen) atoms. The van der Waals surface area contributed by atoms with E-state index >= 15 is 0 Å². The molecule has 0 radical (unpaired) electrons. The van der Waals surface area contributed by atoms with E-state index in [9.17, 15) is 17.2 Å². The quantitative estimate of drug-likeness (QED) is 0.856. The zero-order chi connectivity index (χ0) is 14.1. The number of halogens is 2. The lowest BCUT2D eigenvalue weighted by Crippen LogP contribution is -2.37. The van der Waals surface area contributed by atoms with Crippen LogP contribution in [0.4, 0.5) is 14.5 Å². The normalized spacial score (nSPS) is 12.4. The lowest BCUT2D eigenvalue weighted by atomic mass is 10.3. The van der Waals surface area contributed by atoms with E-state index in [1.54, 1.807) is 20.8 Å². The summed E-state index contributed by atoms with van der Waals surface area (Å²) in [4.78, 5) is -0.726. The van der Waals surface area contributed by atoms with Crippen molar-refractivity contribution in [1.29, 1.82) is 0 Å². The van der Waals surface area contributed by atoms with Crippen LogP contribution in [0.1, 0.15) is 20.8 Å². The molecular weight excluding hydrogens is 262 g/mol. The van der Waals surface area contributed by atoms with Crippen molar-refractivity contribution in [3.05, 3.63) is 23.8 Å². The maximum atomic E-state index is 13.6. The molecule has 0 unspecified atom stereocenters. The fraction of sp³-hybridized carbons (Fsp3) is 0.455. The first-order valence-electron chi connectivity index (χ1n) is 5.48. The molecule has 7 heteroatoms. The van der Waals surface area contributed by atoms with Crippen LogP contribution < -0.4 is 5.73 Å². The van der Waals surface area contributed by atoms with Gasteiger partial charge in [0.05, 0.1) is 0 Å². The summed E-state index contributed by atoms with van der Waals surface area (Å²) in [5, 5.41) is 0. The van der Waals surface area contributed by atoms with Crippen LogP contribution in [-0.2, 0) is 10.0 Å². The Bertz CT molecular complexity index is 544. The van der Waals surface area contributed by atoms with E-state index in [0.29, 0.717) is 0 Å². The molecule has 1 aromatic carbocycles. The summed E-state index contributed by atoms with van der Waals surface area (Å²) in [6, 6.07) is 1.32. The first-order valence-corrected chi connectivity index (χ1v) is 6.92. The van der Waals surface area contributed by atoms with Crippen LogP contribution >= 0.6 is 0 Å². The molecule has 0 saturated heterocycles. The minimum Gasteiger partial charge on any atom is -0.399 e. The molecule has 1 aromatic rings. The summed E-state index contributed by atoms with van der Waals surface area (Å²) in [6.45, 7) is 5.09. The maximum absolute atomic E-state index is 13.6. The predicted molar refractivity (Wildman–Crippen MR) is 65.5 cm³/mol. The molecule has 102 valence electrons. The number of nitrogens with two attached hydrogens (primary N) is 1. The molecule has 0 atom stereocenters. The highest BCUT2D eigenvalue weighted by atomic mass is 32.2. The Hall–Kier alpha value is -1.21. The fourth-order valence-corrected chi connectivity index (χ4v) is 3.47. The Morgan fingerprint density at radius 1 is 1.33 bits per heavy atom. The Labute approximate surface area is 105 Å². The van der Waals surface area contributed by atoms with Gasteiger partial charge in [-0.3, -0.25) is 0 Å². The van der Waals surface area contributed by atoms with Crippen molar-refractivity contribution in [3.8, 4) is 0 Å². The van der Waals surface area contributed by atoms with Crippen molar-refractivity contribution in [2.75, 3.05) is 12.3 Å². The molecule has 0 saturated carbocycles. The molecular formula is C11H16F2N2O2S. The summed E-state index contributed by atoms with van der Waals surface area (Å²) in [6.07, 6.45) is 0. The van der Waals surface area contributed by atoms with E-state index < -0.39 is 26.6 Å². The first-order chi connectivity index (χ1) is 8.21. The van der Waals surface area contributed by atoms with Crippen LogP contribution in [0, 0.1) is 11.6 Å². The lowest BCUT2D eigenvalue weighted by Gasteiger charge is -2.24. The van der Waals surface area contributed by atoms with Gasteiger partial charge in [0.15, 0.2) is 11.6 Å². The summed E-state index contributed by atoms with van der Waals surface area (Å²) in [7, 11) is -4.09. The maximum Gasteiger partial charge on any atom is 0.246 e. The van der Waals surface area contributed by atoms with Gasteiger partial charge in [-0.15, -0.1) is 0 Å². The number of hydrogen-bond acceptors (Lipinski definition) is 3. The van der Waals surface area contributed by atoms with Gasteiger partial charge in [-0.1, -0.05) is 6.92 Å². The van der Waals surface area contributed by atoms with Gasteiger partial charge in [0.25, 0.3) is 0 Å². The van der Waals surface area contributed by atoms with E-state index in [2.05, 4.69) is 0 Å². The van der Waals surface area contributed by atoms with Crippen LogP contribution in [0.3, 0.4) is 0 Å². The second kappa shape index (κ2) is 5.19. The third-order valence-electron chi connectivity index (χ3n) is 2.49. The molecule has 4 nitrogen and oxygen atoms in total. The number of nitrogen functional groups attached to an aromatic ring is 1. The number of hydrogen-bond donors (Lipinski definition) is 1. The molecule has 0 heterocycles. The van der Waals surface area contributed by atoms with Gasteiger partial charge in [-0.05, 0) is 26.0 Å². The van der Waals surface area contributed by atoms with Crippen molar-refractivity contribution < 1.29 is 17.2 Å². The van der Waals surface area contributed by atoms with Gasteiger partial charge < -0.3 is 5.73 Å². The number of benzene rings is 1. The molecule has 0 aliphatic heterocycles. The zero-order valence-electron chi connectivity index (χ0n) is 10.4. The van der Waals surface area contributed by atoms with Gasteiger partial charge in [0.2, 0.25) is 10.0 Å². The standard InChI is InChI=1S/C11H16F2N2O2S/c1-4-15(7(2)3)18(16,17)10-6-8(14)5-9(12)11(10)13/h5-7H,4,14H2,1-3H3. The molecule has 0 fully saturated rings. The van der Waals surface area contributed by atoms with Crippen molar-refractivity contribution >= 4 is 15.7 Å². The molecule has 0 spiro atoms. The minimum atomic E-state index is -4.09. The fourth-order valence-electron chi connectivity index (χ4n) is 1.71. The largest absolute Gasteiger partial charge is 0.399 e. The van der Waals surface area contributed by atoms with Crippen LogP contribution in [0.5, 0.6) is 0 Å². The smallest absolute Gasteiger partial charge is 0.246 e. The third kappa shape index (κ3) is 2.62. The average Bonchev–Trinajstić information content (AvgIpc) is 2.23. The lowest BCUT2D eigenvalue weighted by molar-refractivity contribution is 0.365. The van der Waals surface area contributed by atoms with Crippen LogP contribution in [0.25, 0.3) is 0 Å². The van der Waals surface area contributed by atoms with E-state index in [1.165, 1.54) is 0 Å². The molecule has 0 aliphatic rings. The highest BCUT2D eigenvalue weighted by Gasteiger charge is 2.30. The molecule has 0 aromatic heterocycles. The summed E-state index contributed by atoms with van der Waals surface area (Å²) in [5.41, 5.74) is 5.22. The van der Waals surface area contributed by atoms with Crippen molar-refractivity contribution in [1.82, 2.24) is 4.31 Å². The molecule has 2 N–H and O–H groups in total. The molecule has 0 amide bonds. The molecule has 1 rings (SSSR count). The topological polar surface area (TPSA) is 63.4 Å². The van der Waals surface area contributed by atoms with Gasteiger partial charge in [-0.25, -0.2) is 17.2 Å². The summed E-state index contributed by atoms with van der Waals surface area (Å²) < 4.78 is 52.3. The summed E-state index contributed by atoms with van der Waals surface area (Å²) in [5.74, 6) is -2.67. The number of nitrogens with zero attached hydrogens (tertiary/aromatic N) is 1. The van der Waals surface area contributed by atoms with Crippen molar-refractivity contribution in [2.24, 2.45) is 0 Å². The highest BCUT2D eigenvalue weighted by Crippen LogP contribution is 2.25. The van der Waals surface area contributed by atoms with Crippen LogP contribution in [-0.4, -0.2) is 25.3 Å². The van der Waals surface area contributed by atoms with Gasteiger partial charge >= 0.3 is 0 Å². The number of anilines is 1. The van der Waals surface area contributed by atoms with E-state index in [-0.39, 0.29) is 18.3 Å². The molecule has 0 bridgehead atoms. The Kier molecular flexibility index (Phi) is 4.28. The van der Waals surface area contributed by atoms with Crippen molar-refractivity contribution in [3.63, 3.8) is 0 Å². The monoisotopic (exact) mass is 278 g/mol. The van der Waals surface area contributed by atoms with Crippen LogP contribution in [0.2, 0.25) is 0 Å². The Morgan fingerprint density at radius 2 is 1.89 bits per heavy atom. The first kappa shape index (κ1) is 14.8. The average molecular weight is 278 g/mol. The van der Waals surface area contributed by atoms with Gasteiger partial charge in [0.1, 0.15) is 4.90 Å². The number of rotatable bonds is 4. The molecule has 0 aliphatic carbocycles. The van der Waals surface area contributed by atoms with Crippen molar-refractivity contribution in [2.45, 2.75) is 31.7 Å². The van der Waals surface area contributed by atoms with Crippen LogP contribution in [0.15, 0.2) is 17.0 Å². The van der Waals surface area contributed by atoms with Gasteiger partial charge in [0, 0.05) is 18.3 Å².